The van der Waals surface area contributed by atoms with Crippen LogP contribution in [0, 0.1) is 12.7 Å². The molecule has 1 saturated heterocycles. The van der Waals surface area contributed by atoms with Crippen molar-refractivity contribution in [2.45, 2.75) is 25.8 Å². The molecule has 0 radical (unpaired) electrons. The van der Waals surface area contributed by atoms with Crippen molar-refractivity contribution in [2.24, 2.45) is 0 Å². The van der Waals surface area contributed by atoms with Crippen molar-refractivity contribution in [1.82, 2.24) is 5.32 Å². The summed E-state index contributed by atoms with van der Waals surface area (Å²) in [5.74, 6) is -0.453. The van der Waals surface area contributed by atoms with E-state index in [4.69, 9.17) is 4.74 Å². The van der Waals surface area contributed by atoms with Crippen molar-refractivity contribution in [3.05, 3.63) is 35.1 Å². The van der Waals surface area contributed by atoms with Gasteiger partial charge in [-0.15, -0.1) is 0 Å². The minimum Gasteiger partial charge on any atom is -0.379 e. The largest absolute Gasteiger partial charge is 0.379 e. The average molecular weight is 237 g/mol. The van der Waals surface area contributed by atoms with Gasteiger partial charge in [0, 0.05) is 12.2 Å². The molecule has 1 aliphatic rings. The molecular formula is C13H16FNO2. The van der Waals surface area contributed by atoms with Gasteiger partial charge in [-0.1, -0.05) is 0 Å². The summed E-state index contributed by atoms with van der Waals surface area (Å²) in [5, 5.41) is 2.90. The summed E-state index contributed by atoms with van der Waals surface area (Å²) < 4.78 is 18.4. The van der Waals surface area contributed by atoms with Gasteiger partial charge in [-0.05, 0) is 43.5 Å². The van der Waals surface area contributed by atoms with E-state index in [1.807, 2.05) is 0 Å². The molecule has 1 amide bonds. The summed E-state index contributed by atoms with van der Waals surface area (Å²) in [7, 11) is 0. The Kier molecular flexibility index (Phi) is 3.74. The number of nitrogens with one attached hydrogen (secondary N) is 1. The first kappa shape index (κ1) is 12.0. The third-order valence-corrected chi connectivity index (χ3v) is 2.92. The van der Waals surface area contributed by atoms with Crippen LogP contribution in [-0.4, -0.2) is 25.2 Å². The van der Waals surface area contributed by atoms with Gasteiger partial charge in [0.1, 0.15) is 5.82 Å². The van der Waals surface area contributed by atoms with Crippen LogP contribution in [0.2, 0.25) is 0 Å². The molecule has 1 fully saturated rings. The molecule has 1 aromatic rings. The Hall–Kier alpha value is -1.42. The number of hydrogen-bond donors (Lipinski definition) is 1. The molecule has 0 bridgehead atoms. The van der Waals surface area contributed by atoms with Crippen molar-refractivity contribution in [3.63, 3.8) is 0 Å². The Morgan fingerprint density at radius 1 is 1.53 bits per heavy atom. The van der Waals surface area contributed by atoms with Crippen molar-refractivity contribution in [3.8, 4) is 0 Å². The molecule has 4 heteroatoms. The van der Waals surface area contributed by atoms with E-state index in [9.17, 15) is 9.18 Å². The first-order chi connectivity index (χ1) is 8.16. The smallest absolute Gasteiger partial charge is 0.251 e. The molecule has 17 heavy (non-hydrogen) atoms. The summed E-state index contributed by atoms with van der Waals surface area (Å²) in [4.78, 5) is 11.9. The Labute approximate surface area is 100.0 Å². The molecule has 1 aromatic carbocycles. The monoisotopic (exact) mass is 237 g/mol. The Balaban J connectivity index is 2.01. The number of aryl methyl sites for hydroxylation is 1. The Morgan fingerprint density at radius 3 is 3.00 bits per heavy atom. The molecule has 0 spiro atoms. The molecule has 2 rings (SSSR count). The molecular weight excluding hydrogens is 221 g/mol. The molecule has 0 aliphatic carbocycles. The van der Waals surface area contributed by atoms with E-state index in [-0.39, 0.29) is 17.8 Å². The lowest BCUT2D eigenvalue weighted by Gasteiger charge is -2.23. The van der Waals surface area contributed by atoms with E-state index < -0.39 is 0 Å². The number of ether oxygens (including phenoxy) is 1. The SMILES string of the molecule is Cc1cc(C(=O)NC2CCCOC2)ccc1F. The van der Waals surface area contributed by atoms with Crippen molar-refractivity contribution < 1.29 is 13.9 Å². The maximum absolute atomic E-state index is 13.1. The summed E-state index contributed by atoms with van der Waals surface area (Å²) >= 11 is 0. The molecule has 1 heterocycles. The van der Waals surface area contributed by atoms with Gasteiger partial charge in [-0.25, -0.2) is 4.39 Å². The minimum absolute atomic E-state index is 0.0709. The molecule has 1 aliphatic heterocycles. The van der Waals surface area contributed by atoms with Crippen molar-refractivity contribution >= 4 is 5.91 Å². The third kappa shape index (κ3) is 3.03. The fraction of sp³-hybridized carbons (Fsp3) is 0.462. The highest BCUT2D eigenvalue weighted by molar-refractivity contribution is 5.94. The lowest BCUT2D eigenvalue weighted by Crippen LogP contribution is -2.40. The van der Waals surface area contributed by atoms with Crippen molar-refractivity contribution in [1.29, 1.82) is 0 Å². The highest BCUT2D eigenvalue weighted by atomic mass is 19.1. The fourth-order valence-corrected chi connectivity index (χ4v) is 1.91. The molecule has 0 aromatic heterocycles. The molecule has 3 nitrogen and oxygen atoms in total. The summed E-state index contributed by atoms with van der Waals surface area (Å²) in [6.07, 6.45) is 1.90. The predicted molar refractivity (Wildman–Crippen MR) is 62.4 cm³/mol. The number of carbonyl (C=O) groups is 1. The van der Waals surface area contributed by atoms with Crippen LogP contribution < -0.4 is 5.32 Å². The number of rotatable bonds is 2. The zero-order chi connectivity index (χ0) is 12.3. The van der Waals surface area contributed by atoms with E-state index in [1.165, 1.54) is 12.1 Å². The van der Waals surface area contributed by atoms with Gasteiger partial charge in [0.2, 0.25) is 0 Å². The van der Waals surface area contributed by atoms with Crippen LogP contribution in [0.25, 0.3) is 0 Å². The minimum atomic E-state index is -0.289. The number of halogens is 1. The van der Waals surface area contributed by atoms with Gasteiger partial charge in [0.15, 0.2) is 0 Å². The predicted octanol–water partition coefficient (Wildman–Crippen LogP) is 2.04. The second-order valence-corrected chi connectivity index (χ2v) is 4.35. The third-order valence-electron chi connectivity index (χ3n) is 2.92. The average Bonchev–Trinajstić information content (AvgIpc) is 2.34. The molecule has 1 unspecified atom stereocenters. The van der Waals surface area contributed by atoms with E-state index in [1.54, 1.807) is 13.0 Å². The molecule has 1 N–H and O–H groups in total. The summed E-state index contributed by atoms with van der Waals surface area (Å²) in [5.41, 5.74) is 0.979. The maximum Gasteiger partial charge on any atom is 0.251 e. The normalized spacial score (nSPS) is 20.0. The first-order valence-electron chi connectivity index (χ1n) is 5.81. The van der Waals surface area contributed by atoms with Gasteiger partial charge in [-0.2, -0.15) is 0 Å². The number of carbonyl (C=O) groups excluding carboxylic acids is 1. The van der Waals surface area contributed by atoms with Gasteiger partial charge in [-0.3, -0.25) is 4.79 Å². The van der Waals surface area contributed by atoms with Gasteiger partial charge >= 0.3 is 0 Å². The standard InChI is InChI=1S/C13H16FNO2/c1-9-7-10(4-5-12(9)14)13(16)15-11-3-2-6-17-8-11/h4-5,7,11H,2-3,6,8H2,1H3,(H,15,16). The number of benzene rings is 1. The maximum atomic E-state index is 13.1. The highest BCUT2D eigenvalue weighted by Crippen LogP contribution is 2.11. The van der Waals surface area contributed by atoms with Gasteiger partial charge in [0.25, 0.3) is 5.91 Å². The number of amides is 1. The van der Waals surface area contributed by atoms with E-state index in [2.05, 4.69) is 5.32 Å². The van der Waals surface area contributed by atoms with Crippen LogP contribution >= 0.6 is 0 Å². The quantitative estimate of drug-likeness (QED) is 0.854. The van der Waals surface area contributed by atoms with E-state index in [0.717, 1.165) is 19.4 Å². The van der Waals surface area contributed by atoms with Crippen LogP contribution in [0.1, 0.15) is 28.8 Å². The lowest BCUT2D eigenvalue weighted by atomic mass is 10.1. The van der Waals surface area contributed by atoms with Crippen LogP contribution in [0.15, 0.2) is 18.2 Å². The topological polar surface area (TPSA) is 38.3 Å². The molecule has 0 saturated carbocycles. The summed E-state index contributed by atoms with van der Waals surface area (Å²) in [6.45, 7) is 2.98. The number of hydrogen-bond acceptors (Lipinski definition) is 2. The zero-order valence-electron chi connectivity index (χ0n) is 9.83. The lowest BCUT2D eigenvalue weighted by molar-refractivity contribution is 0.0624. The summed E-state index contributed by atoms with van der Waals surface area (Å²) in [6, 6.07) is 4.46. The van der Waals surface area contributed by atoms with Gasteiger partial charge in [0.05, 0.1) is 12.6 Å². The second-order valence-electron chi connectivity index (χ2n) is 4.35. The highest BCUT2D eigenvalue weighted by Gasteiger charge is 2.17. The first-order valence-corrected chi connectivity index (χ1v) is 5.81. The Bertz CT molecular complexity index is 414. The molecule has 92 valence electrons. The Morgan fingerprint density at radius 2 is 2.35 bits per heavy atom. The molecule has 1 atom stereocenters. The van der Waals surface area contributed by atoms with Crippen molar-refractivity contribution in [2.75, 3.05) is 13.2 Å². The zero-order valence-corrected chi connectivity index (χ0v) is 9.83. The van der Waals surface area contributed by atoms with Crippen LogP contribution in [0.4, 0.5) is 4.39 Å². The van der Waals surface area contributed by atoms with Crippen LogP contribution in [0.5, 0.6) is 0 Å². The van der Waals surface area contributed by atoms with E-state index in [0.29, 0.717) is 17.7 Å². The second kappa shape index (κ2) is 5.27. The fourth-order valence-electron chi connectivity index (χ4n) is 1.91. The van der Waals surface area contributed by atoms with Crippen LogP contribution in [-0.2, 0) is 4.74 Å². The van der Waals surface area contributed by atoms with Crippen LogP contribution in [0.3, 0.4) is 0 Å². The van der Waals surface area contributed by atoms with Gasteiger partial charge < -0.3 is 10.1 Å². The van der Waals surface area contributed by atoms with E-state index >= 15 is 0 Å².